The molecule has 182 valence electrons. The zero-order valence-electron chi connectivity index (χ0n) is 17.1. The van der Waals surface area contributed by atoms with Crippen LogP contribution in [0.1, 0.15) is 0 Å². The van der Waals surface area contributed by atoms with Crippen LogP contribution in [0.3, 0.4) is 0 Å². The van der Waals surface area contributed by atoms with Gasteiger partial charge >= 0.3 is 17.8 Å². The standard InChI is InChI=1S/C19H15F5N4O5S/c1-34(31,32)13-4-2-10(3-5-13)11-6-14-26-27(9-12(8-25)16(20)21)18(30)28(14)15(7-11)33-17(29)19(22,23)24/h2-7H,8-9,25H2,1H3. The van der Waals surface area contributed by atoms with E-state index in [1.54, 1.807) is 0 Å². The van der Waals surface area contributed by atoms with Gasteiger partial charge in [-0.25, -0.2) is 27.1 Å². The zero-order chi connectivity index (χ0) is 25.4. The van der Waals surface area contributed by atoms with Crippen molar-refractivity contribution in [1.29, 1.82) is 0 Å². The van der Waals surface area contributed by atoms with Crippen LogP contribution in [0.25, 0.3) is 16.8 Å². The second kappa shape index (κ2) is 8.98. The molecule has 0 unspecified atom stereocenters. The van der Waals surface area contributed by atoms with Crippen LogP contribution >= 0.6 is 0 Å². The Morgan fingerprint density at radius 2 is 1.74 bits per heavy atom. The minimum absolute atomic E-state index is 0.0316. The highest BCUT2D eigenvalue weighted by Crippen LogP contribution is 2.28. The van der Waals surface area contributed by atoms with Gasteiger partial charge in [0.1, 0.15) is 0 Å². The summed E-state index contributed by atoms with van der Waals surface area (Å²) < 4.78 is 93.0. The SMILES string of the molecule is CS(=O)(=O)c1ccc(-c2cc(OC(=O)C(F)(F)F)n3c(=O)n(CC(CN)=C(F)F)nc3c2)cc1. The molecule has 15 heteroatoms. The van der Waals surface area contributed by atoms with Crippen LogP contribution in [0, 0.1) is 0 Å². The number of nitrogens with zero attached hydrogens (tertiary/aromatic N) is 3. The first-order chi connectivity index (χ1) is 15.7. The quantitative estimate of drug-likeness (QED) is 0.401. The van der Waals surface area contributed by atoms with E-state index in [4.69, 9.17) is 5.73 Å². The van der Waals surface area contributed by atoms with Crippen LogP contribution in [-0.2, 0) is 21.2 Å². The average Bonchev–Trinajstić information content (AvgIpc) is 3.06. The Kier molecular flexibility index (Phi) is 6.61. The number of ether oxygens (including phenoxy) is 1. The third kappa shape index (κ3) is 5.14. The maximum absolute atomic E-state index is 13.0. The van der Waals surface area contributed by atoms with Crippen molar-refractivity contribution in [2.24, 2.45) is 5.73 Å². The normalized spacial score (nSPS) is 12.1. The topological polar surface area (TPSA) is 126 Å². The smallest absolute Gasteiger partial charge is 0.402 e. The number of rotatable bonds is 6. The number of esters is 1. The number of fused-ring (bicyclic) bond motifs is 1. The highest BCUT2D eigenvalue weighted by atomic mass is 32.2. The minimum Gasteiger partial charge on any atom is -0.402 e. The van der Waals surface area contributed by atoms with Gasteiger partial charge in [0.15, 0.2) is 15.5 Å². The number of carbonyl (C=O) groups is 1. The Bertz CT molecular complexity index is 1450. The van der Waals surface area contributed by atoms with Crippen molar-refractivity contribution in [2.75, 3.05) is 12.8 Å². The molecule has 2 heterocycles. The molecular formula is C19H15F5N4O5S. The number of hydrogen-bond donors (Lipinski definition) is 1. The molecule has 0 radical (unpaired) electrons. The summed E-state index contributed by atoms with van der Waals surface area (Å²) in [6, 6.07) is 7.29. The molecule has 0 saturated carbocycles. The van der Waals surface area contributed by atoms with Gasteiger partial charge in [0, 0.05) is 24.4 Å². The molecule has 0 atom stereocenters. The van der Waals surface area contributed by atoms with Crippen molar-refractivity contribution in [3.05, 3.63) is 58.5 Å². The summed E-state index contributed by atoms with van der Waals surface area (Å²) in [4.78, 5) is 24.1. The predicted octanol–water partition coefficient (Wildman–Crippen LogP) is 2.14. The van der Waals surface area contributed by atoms with Crippen LogP contribution in [-0.4, -0.2) is 47.5 Å². The van der Waals surface area contributed by atoms with Crippen molar-refractivity contribution in [3.63, 3.8) is 0 Å². The Morgan fingerprint density at radius 3 is 2.24 bits per heavy atom. The van der Waals surface area contributed by atoms with E-state index < -0.39 is 58.3 Å². The summed E-state index contributed by atoms with van der Waals surface area (Å²) in [6.45, 7) is -1.37. The first-order valence-corrected chi connectivity index (χ1v) is 11.1. The third-order valence-electron chi connectivity index (χ3n) is 4.55. The maximum Gasteiger partial charge on any atom is 0.491 e. The van der Waals surface area contributed by atoms with Crippen LogP contribution in [0.4, 0.5) is 22.0 Å². The summed E-state index contributed by atoms with van der Waals surface area (Å²) in [6.07, 6.45) is -6.57. The fourth-order valence-corrected chi connectivity index (χ4v) is 3.51. The molecule has 2 aromatic heterocycles. The molecule has 0 aliphatic carbocycles. The number of sulfone groups is 1. The fraction of sp³-hybridized carbons (Fsp3) is 0.211. The molecule has 0 aliphatic rings. The van der Waals surface area contributed by atoms with Crippen molar-refractivity contribution in [2.45, 2.75) is 17.6 Å². The maximum atomic E-state index is 13.0. The largest absolute Gasteiger partial charge is 0.491 e. The Morgan fingerprint density at radius 1 is 1.12 bits per heavy atom. The van der Waals surface area contributed by atoms with Crippen molar-refractivity contribution < 1.29 is 39.9 Å². The molecule has 2 N–H and O–H groups in total. The van der Waals surface area contributed by atoms with E-state index in [0.29, 0.717) is 9.08 Å². The second-order valence-electron chi connectivity index (χ2n) is 6.97. The Balaban J connectivity index is 2.21. The van der Waals surface area contributed by atoms with Gasteiger partial charge < -0.3 is 10.5 Å². The first-order valence-electron chi connectivity index (χ1n) is 9.18. The molecule has 0 aliphatic heterocycles. The van der Waals surface area contributed by atoms with E-state index >= 15 is 0 Å². The number of alkyl halides is 3. The minimum atomic E-state index is -5.40. The molecule has 9 nitrogen and oxygen atoms in total. The molecule has 0 spiro atoms. The van der Waals surface area contributed by atoms with Crippen molar-refractivity contribution >= 4 is 21.5 Å². The van der Waals surface area contributed by atoms with Crippen LogP contribution in [0.5, 0.6) is 5.88 Å². The Hall–Kier alpha value is -3.59. The molecule has 0 bridgehead atoms. The average molecular weight is 506 g/mol. The lowest BCUT2D eigenvalue weighted by Crippen LogP contribution is -2.30. The number of aromatic nitrogens is 3. The first kappa shape index (κ1) is 25.0. The van der Waals surface area contributed by atoms with E-state index in [9.17, 15) is 40.0 Å². The summed E-state index contributed by atoms with van der Waals surface area (Å²) in [7, 11) is -3.53. The molecule has 0 fully saturated rings. The lowest BCUT2D eigenvalue weighted by molar-refractivity contribution is -0.190. The predicted molar refractivity (Wildman–Crippen MR) is 108 cm³/mol. The van der Waals surface area contributed by atoms with Crippen LogP contribution < -0.4 is 16.2 Å². The van der Waals surface area contributed by atoms with Crippen molar-refractivity contribution in [1.82, 2.24) is 14.2 Å². The van der Waals surface area contributed by atoms with Crippen LogP contribution in [0.2, 0.25) is 0 Å². The molecule has 34 heavy (non-hydrogen) atoms. The monoisotopic (exact) mass is 506 g/mol. The van der Waals surface area contributed by atoms with Gasteiger partial charge in [-0.2, -0.15) is 22.0 Å². The van der Waals surface area contributed by atoms with Gasteiger partial charge in [0.25, 0.3) is 6.08 Å². The summed E-state index contributed by atoms with van der Waals surface area (Å²) >= 11 is 0. The number of halogens is 5. The van der Waals surface area contributed by atoms with E-state index in [-0.39, 0.29) is 21.7 Å². The number of nitrogens with two attached hydrogens (primary N) is 1. The second-order valence-corrected chi connectivity index (χ2v) is 8.98. The molecule has 1 aromatic carbocycles. The van der Waals surface area contributed by atoms with Gasteiger partial charge in [-0.15, -0.1) is 5.10 Å². The molecule has 3 aromatic rings. The number of hydrogen-bond acceptors (Lipinski definition) is 7. The van der Waals surface area contributed by atoms with Gasteiger partial charge in [-0.1, -0.05) is 12.1 Å². The third-order valence-corrected chi connectivity index (χ3v) is 5.68. The highest BCUT2D eigenvalue weighted by molar-refractivity contribution is 7.90. The molecule has 0 saturated heterocycles. The molecule has 0 amide bonds. The van der Waals surface area contributed by atoms with Crippen molar-refractivity contribution in [3.8, 4) is 17.0 Å². The highest BCUT2D eigenvalue weighted by Gasteiger charge is 2.42. The van der Waals surface area contributed by atoms with Gasteiger partial charge in [-0.05, 0) is 29.3 Å². The van der Waals surface area contributed by atoms with Gasteiger partial charge in [0.05, 0.1) is 11.4 Å². The number of pyridine rings is 1. The Labute approximate surface area is 187 Å². The fourth-order valence-electron chi connectivity index (χ4n) is 2.88. The van der Waals surface area contributed by atoms with E-state index in [1.807, 2.05) is 0 Å². The number of benzene rings is 1. The summed E-state index contributed by atoms with van der Waals surface area (Å²) in [5, 5.41) is 3.83. The summed E-state index contributed by atoms with van der Waals surface area (Å²) in [5.41, 5.74) is 3.47. The lowest BCUT2D eigenvalue weighted by atomic mass is 10.1. The van der Waals surface area contributed by atoms with Crippen LogP contribution in [0.15, 0.2) is 57.7 Å². The van der Waals surface area contributed by atoms with E-state index in [2.05, 4.69) is 9.84 Å². The van der Waals surface area contributed by atoms with E-state index in [1.165, 1.54) is 30.3 Å². The number of carbonyl (C=O) groups excluding carboxylic acids is 1. The van der Waals surface area contributed by atoms with Gasteiger partial charge in [-0.3, -0.25) is 0 Å². The zero-order valence-corrected chi connectivity index (χ0v) is 18.0. The van der Waals surface area contributed by atoms with Gasteiger partial charge in [0.2, 0.25) is 5.88 Å². The molecule has 3 rings (SSSR count). The lowest BCUT2D eigenvalue weighted by Gasteiger charge is -2.10. The molecular weight excluding hydrogens is 491 g/mol. The van der Waals surface area contributed by atoms with E-state index in [0.717, 1.165) is 12.3 Å². The summed E-state index contributed by atoms with van der Waals surface area (Å²) in [5.74, 6) is -3.51.